The Kier molecular flexibility index (Phi) is 4.23. The second kappa shape index (κ2) is 4.31. The number of alkyl halides is 3. The third kappa shape index (κ3) is 5.91. The summed E-state index contributed by atoms with van der Waals surface area (Å²) < 4.78 is 36.4. The van der Waals surface area contributed by atoms with E-state index in [4.69, 9.17) is 0 Å². The smallest absolute Gasteiger partial charge is 0.313 e. The Bertz CT molecular complexity index is 146. The molecule has 0 aliphatic carbocycles. The van der Waals surface area contributed by atoms with E-state index >= 15 is 0 Å². The minimum atomic E-state index is -4.08. The summed E-state index contributed by atoms with van der Waals surface area (Å²) in [7, 11) is 0. The third-order valence-corrected chi connectivity index (χ3v) is 1.93. The summed E-state index contributed by atoms with van der Waals surface area (Å²) in [6.45, 7) is 7.82. The SMILES string of the molecule is CCNC(CC(F)(F)F)C(C)(C)C. The fraction of sp³-hybridized carbons (Fsp3) is 1.00. The van der Waals surface area contributed by atoms with E-state index in [0.29, 0.717) is 6.54 Å². The topological polar surface area (TPSA) is 12.0 Å². The van der Waals surface area contributed by atoms with E-state index in [1.54, 1.807) is 0 Å². The summed E-state index contributed by atoms with van der Waals surface area (Å²) in [4.78, 5) is 0. The van der Waals surface area contributed by atoms with Crippen LogP contribution in [0.3, 0.4) is 0 Å². The molecule has 0 amide bonds. The first-order chi connectivity index (χ1) is 5.67. The van der Waals surface area contributed by atoms with Gasteiger partial charge in [-0.2, -0.15) is 13.2 Å². The van der Waals surface area contributed by atoms with Crippen LogP contribution >= 0.6 is 0 Å². The van der Waals surface area contributed by atoms with E-state index in [0.717, 1.165) is 0 Å². The summed E-state index contributed by atoms with van der Waals surface area (Å²) in [6, 6.07) is -0.502. The van der Waals surface area contributed by atoms with Gasteiger partial charge in [0.1, 0.15) is 0 Å². The molecule has 0 bridgehead atoms. The van der Waals surface area contributed by atoms with Crippen molar-refractivity contribution in [1.29, 1.82) is 0 Å². The second-order valence-electron chi connectivity index (χ2n) is 4.30. The van der Waals surface area contributed by atoms with Gasteiger partial charge in [0.15, 0.2) is 0 Å². The molecule has 0 saturated carbocycles. The highest BCUT2D eigenvalue weighted by Crippen LogP contribution is 2.30. The Morgan fingerprint density at radius 3 is 1.85 bits per heavy atom. The van der Waals surface area contributed by atoms with Gasteiger partial charge in [0.2, 0.25) is 0 Å². The number of hydrogen-bond donors (Lipinski definition) is 1. The van der Waals surface area contributed by atoms with Gasteiger partial charge in [-0.15, -0.1) is 0 Å². The maximum absolute atomic E-state index is 12.1. The predicted molar refractivity (Wildman–Crippen MR) is 47.6 cm³/mol. The normalized spacial score (nSPS) is 15.9. The van der Waals surface area contributed by atoms with E-state index in [9.17, 15) is 13.2 Å². The molecule has 13 heavy (non-hydrogen) atoms. The van der Waals surface area contributed by atoms with Gasteiger partial charge in [0, 0.05) is 6.04 Å². The van der Waals surface area contributed by atoms with Crippen LogP contribution in [0, 0.1) is 5.41 Å². The van der Waals surface area contributed by atoms with Crippen molar-refractivity contribution in [2.45, 2.75) is 46.3 Å². The molecular formula is C9H18F3N. The number of hydrogen-bond acceptors (Lipinski definition) is 1. The standard InChI is InChI=1S/C9H18F3N/c1-5-13-7(8(2,3)4)6-9(10,11)12/h7,13H,5-6H2,1-4H3. The maximum atomic E-state index is 12.1. The molecule has 0 aromatic carbocycles. The summed E-state index contributed by atoms with van der Waals surface area (Å²) in [5.41, 5.74) is -0.356. The van der Waals surface area contributed by atoms with E-state index < -0.39 is 18.6 Å². The van der Waals surface area contributed by atoms with Gasteiger partial charge in [0.05, 0.1) is 6.42 Å². The predicted octanol–water partition coefficient (Wildman–Crippen LogP) is 2.96. The number of halogens is 3. The van der Waals surface area contributed by atoms with Crippen LogP contribution in [-0.2, 0) is 0 Å². The lowest BCUT2D eigenvalue weighted by Crippen LogP contribution is -2.43. The molecule has 0 aliphatic heterocycles. The average molecular weight is 197 g/mol. The minimum absolute atomic E-state index is 0.356. The Labute approximate surface area is 77.7 Å². The third-order valence-electron chi connectivity index (χ3n) is 1.93. The molecular weight excluding hydrogens is 179 g/mol. The van der Waals surface area contributed by atoms with Crippen LogP contribution in [0.25, 0.3) is 0 Å². The van der Waals surface area contributed by atoms with Crippen molar-refractivity contribution in [3.05, 3.63) is 0 Å². The second-order valence-corrected chi connectivity index (χ2v) is 4.30. The summed E-state index contributed by atoms with van der Waals surface area (Å²) >= 11 is 0. The maximum Gasteiger partial charge on any atom is 0.390 e. The van der Waals surface area contributed by atoms with Crippen molar-refractivity contribution >= 4 is 0 Å². The molecule has 0 saturated heterocycles. The molecule has 0 aliphatic rings. The van der Waals surface area contributed by atoms with Crippen LogP contribution in [0.1, 0.15) is 34.1 Å². The van der Waals surface area contributed by atoms with E-state index in [2.05, 4.69) is 5.32 Å². The molecule has 80 valence electrons. The molecule has 0 aromatic rings. The molecule has 0 radical (unpaired) electrons. The van der Waals surface area contributed by atoms with Crippen LogP contribution in [0.4, 0.5) is 13.2 Å². The monoisotopic (exact) mass is 197 g/mol. The van der Waals surface area contributed by atoms with E-state index in [-0.39, 0.29) is 5.41 Å². The van der Waals surface area contributed by atoms with Crippen molar-refractivity contribution in [3.63, 3.8) is 0 Å². The zero-order valence-corrected chi connectivity index (χ0v) is 8.63. The summed E-state index contributed by atoms with van der Waals surface area (Å²) in [5, 5.41) is 2.86. The van der Waals surface area contributed by atoms with Gasteiger partial charge in [-0.05, 0) is 12.0 Å². The molecule has 0 rings (SSSR count). The van der Waals surface area contributed by atoms with Gasteiger partial charge in [-0.1, -0.05) is 27.7 Å². The molecule has 0 spiro atoms. The highest BCUT2D eigenvalue weighted by Gasteiger charge is 2.36. The Morgan fingerprint density at radius 1 is 1.15 bits per heavy atom. The fourth-order valence-corrected chi connectivity index (χ4v) is 1.16. The average Bonchev–Trinajstić information content (AvgIpc) is 1.81. The summed E-state index contributed by atoms with van der Waals surface area (Å²) in [5.74, 6) is 0. The zero-order valence-electron chi connectivity index (χ0n) is 8.63. The van der Waals surface area contributed by atoms with Crippen molar-refractivity contribution in [2.75, 3.05) is 6.54 Å². The number of rotatable bonds is 3. The van der Waals surface area contributed by atoms with Gasteiger partial charge >= 0.3 is 6.18 Å². The van der Waals surface area contributed by atoms with Crippen LogP contribution in [0.5, 0.6) is 0 Å². The first-order valence-corrected chi connectivity index (χ1v) is 4.47. The van der Waals surface area contributed by atoms with Crippen LogP contribution in [0.2, 0.25) is 0 Å². The zero-order chi connectivity index (χ0) is 10.7. The van der Waals surface area contributed by atoms with Gasteiger partial charge in [-0.25, -0.2) is 0 Å². The Balaban J connectivity index is 4.27. The molecule has 0 heterocycles. The van der Waals surface area contributed by atoms with Crippen molar-refractivity contribution in [3.8, 4) is 0 Å². The minimum Gasteiger partial charge on any atom is -0.313 e. The Morgan fingerprint density at radius 2 is 1.62 bits per heavy atom. The molecule has 4 heteroatoms. The van der Waals surface area contributed by atoms with Crippen molar-refractivity contribution in [2.24, 2.45) is 5.41 Å². The van der Waals surface area contributed by atoms with Gasteiger partial charge in [0.25, 0.3) is 0 Å². The highest BCUT2D eigenvalue weighted by atomic mass is 19.4. The largest absolute Gasteiger partial charge is 0.390 e. The van der Waals surface area contributed by atoms with E-state index in [1.165, 1.54) is 0 Å². The Hall–Kier alpha value is -0.250. The number of nitrogens with one attached hydrogen (secondary N) is 1. The molecule has 0 aromatic heterocycles. The molecule has 1 nitrogen and oxygen atoms in total. The van der Waals surface area contributed by atoms with Crippen LogP contribution < -0.4 is 5.32 Å². The molecule has 1 N–H and O–H groups in total. The highest BCUT2D eigenvalue weighted by molar-refractivity contribution is 4.82. The lowest BCUT2D eigenvalue weighted by molar-refractivity contribution is -0.145. The van der Waals surface area contributed by atoms with Gasteiger partial charge < -0.3 is 5.32 Å². The van der Waals surface area contributed by atoms with Gasteiger partial charge in [-0.3, -0.25) is 0 Å². The molecule has 0 fully saturated rings. The van der Waals surface area contributed by atoms with Crippen molar-refractivity contribution in [1.82, 2.24) is 5.32 Å². The first-order valence-electron chi connectivity index (χ1n) is 4.47. The van der Waals surface area contributed by atoms with Crippen molar-refractivity contribution < 1.29 is 13.2 Å². The van der Waals surface area contributed by atoms with Crippen LogP contribution in [0.15, 0.2) is 0 Å². The first kappa shape index (κ1) is 12.8. The fourth-order valence-electron chi connectivity index (χ4n) is 1.16. The van der Waals surface area contributed by atoms with E-state index in [1.807, 2.05) is 27.7 Å². The lowest BCUT2D eigenvalue weighted by atomic mass is 9.84. The molecule has 1 atom stereocenters. The summed E-state index contributed by atoms with van der Waals surface area (Å²) in [6.07, 6.45) is -4.84. The lowest BCUT2D eigenvalue weighted by Gasteiger charge is -2.32. The molecule has 1 unspecified atom stereocenters. The quantitative estimate of drug-likeness (QED) is 0.733. The van der Waals surface area contributed by atoms with Crippen LogP contribution in [-0.4, -0.2) is 18.8 Å².